The molecule has 0 fully saturated rings. The van der Waals surface area contributed by atoms with Crippen LogP contribution in [0.4, 0.5) is 0 Å². The van der Waals surface area contributed by atoms with Gasteiger partial charge >= 0.3 is 0 Å². The Labute approximate surface area is 153 Å². The monoisotopic (exact) mass is 351 g/mol. The van der Waals surface area contributed by atoms with Crippen LogP contribution in [0.3, 0.4) is 0 Å². The summed E-state index contributed by atoms with van der Waals surface area (Å²) in [5, 5.41) is 11.8. The van der Waals surface area contributed by atoms with Crippen LogP contribution in [-0.4, -0.2) is 25.5 Å². The fraction of sp³-hybridized carbons (Fsp3) is 0.350. The zero-order chi connectivity index (χ0) is 18.4. The van der Waals surface area contributed by atoms with E-state index in [9.17, 15) is 4.79 Å². The van der Waals surface area contributed by atoms with Crippen molar-refractivity contribution in [1.29, 1.82) is 0 Å². The summed E-state index contributed by atoms with van der Waals surface area (Å²) in [5.41, 5.74) is 3.22. The lowest BCUT2D eigenvalue weighted by atomic mass is 10.1. The van der Waals surface area contributed by atoms with Crippen LogP contribution >= 0.6 is 0 Å². The van der Waals surface area contributed by atoms with Gasteiger partial charge in [-0.25, -0.2) is 0 Å². The Balaban J connectivity index is 1.57. The molecule has 0 saturated heterocycles. The number of nitrogens with one attached hydrogen (secondary N) is 1. The molecule has 1 amide bonds. The quantitative estimate of drug-likeness (QED) is 0.678. The summed E-state index contributed by atoms with van der Waals surface area (Å²) in [7, 11) is 0. The number of amides is 1. The van der Waals surface area contributed by atoms with Gasteiger partial charge in [-0.05, 0) is 38.0 Å². The predicted octanol–water partition coefficient (Wildman–Crippen LogP) is 3.03. The Bertz CT molecular complexity index is 823. The molecule has 3 rings (SSSR count). The molecule has 6 nitrogen and oxygen atoms in total. The van der Waals surface area contributed by atoms with Crippen LogP contribution in [0.2, 0.25) is 0 Å². The van der Waals surface area contributed by atoms with Crippen LogP contribution in [0.1, 0.15) is 35.8 Å². The van der Waals surface area contributed by atoms with Gasteiger partial charge in [0, 0.05) is 31.1 Å². The van der Waals surface area contributed by atoms with Crippen molar-refractivity contribution in [2.24, 2.45) is 0 Å². The first-order valence-corrected chi connectivity index (χ1v) is 8.94. The first kappa shape index (κ1) is 17.9. The van der Waals surface area contributed by atoms with Gasteiger partial charge in [-0.15, -0.1) is 0 Å². The summed E-state index contributed by atoms with van der Waals surface area (Å²) in [6.45, 7) is 5.38. The zero-order valence-electron chi connectivity index (χ0n) is 15.3. The minimum absolute atomic E-state index is 0.0486. The Morgan fingerprint density at radius 2 is 2.00 bits per heavy atom. The molecular weight excluding hydrogens is 326 g/mol. The van der Waals surface area contributed by atoms with Gasteiger partial charge in [0.2, 0.25) is 5.91 Å². The third-order valence-electron chi connectivity index (χ3n) is 4.34. The van der Waals surface area contributed by atoms with Crippen LogP contribution in [0.15, 0.2) is 54.9 Å². The van der Waals surface area contributed by atoms with E-state index >= 15 is 0 Å². The third-order valence-corrected chi connectivity index (χ3v) is 4.34. The van der Waals surface area contributed by atoms with Crippen molar-refractivity contribution in [2.75, 3.05) is 0 Å². The van der Waals surface area contributed by atoms with Gasteiger partial charge in [0.15, 0.2) is 0 Å². The molecule has 0 saturated carbocycles. The van der Waals surface area contributed by atoms with Gasteiger partial charge in [0.25, 0.3) is 0 Å². The normalized spacial score (nSPS) is 12.1. The van der Waals surface area contributed by atoms with Gasteiger partial charge < -0.3 is 5.32 Å². The second-order valence-electron chi connectivity index (χ2n) is 6.51. The summed E-state index contributed by atoms with van der Waals surface area (Å²) in [4.78, 5) is 12.5. The van der Waals surface area contributed by atoms with Crippen LogP contribution in [0.5, 0.6) is 0 Å². The molecule has 26 heavy (non-hydrogen) atoms. The maximum Gasteiger partial charge on any atom is 0.220 e. The van der Waals surface area contributed by atoms with Crippen molar-refractivity contribution in [3.8, 4) is 0 Å². The lowest BCUT2D eigenvalue weighted by molar-refractivity contribution is -0.122. The first-order chi connectivity index (χ1) is 12.6. The SMILES string of the molecule is Cc1cc(C)n(CCCC(=O)N[C@@H](Cn2cccn2)c2ccccc2)n1. The van der Waals surface area contributed by atoms with E-state index < -0.39 is 0 Å². The van der Waals surface area contributed by atoms with E-state index in [1.807, 2.05) is 65.8 Å². The number of nitrogens with zero attached hydrogens (tertiary/aromatic N) is 4. The van der Waals surface area contributed by atoms with Gasteiger partial charge in [0.1, 0.15) is 0 Å². The maximum atomic E-state index is 12.5. The number of carbonyl (C=O) groups excluding carboxylic acids is 1. The summed E-state index contributed by atoms with van der Waals surface area (Å²) < 4.78 is 3.80. The number of hydrogen-bond donors (Lipinski definition) is 1. The minimum Gasteiger partial charge on any atom is -0.347 e. The van der Waals surface area contributed by atoms with Crippen LogP contribution in [0, 0.1) is 13.8 Å². The van der Waals surface area contributed by atoms with Gasteiger partial charge in [-0.2, -0.15) is 10.2 Å². The molecule has 0 aliphatic heterocycles. The molecule has 1 atom stereocenters. The summed E-state index contributed by atoms with van der Waals surface area (Å²) in [5.74, 6) is 0.0486. The number of hydrogen-bond acceptors (Lipinski definition) is 3. The number of rotatable bonds is 8. The van der Waals surface area contributed by atoms with E-state index in [2.05, 4.69) is 21.6 Å². The lowest BCUT2D eigenvalue weighted by Gasteiger charge is -2.19. The first-order valence-electron chi connectivity index (χ1n) is 8.94. The van der Waals surface area contributed by atoms with Crippen LogP contribution in [0.25, 0.3) is 0 Å². The number of carbonyl (C=O) groups is 1. The summed E-state index contributed by atoms with van der Waals surface area (Å²) >= 11 is 0. The van der Waals surface area contributed by atoms with Crippen LogP contribution in [-0.2, 0) is 17.9 Å². The number of aryl methyl sites for hydroxylation is 3. The van der Waals surface area contributed by atoms with Crippen molar-refractivity contribution in [3.63, 3.8) is 0 Å². The maximum absolute atomic E-state index is 12.5. The average Bonchev–Trinajstić information content (AvgIpc) is 3.25. The predicted molar refractivity (Wildman–Crippen MR) is 100 cm³/mol. The molecule has 0 radical (unpaired) electrons. The second kappa shape index (κ2) is 8.47. The second-order valence-corrected chi connectivity index (χ2v) is 6.51. The van der Waals surface area contributed by atoms with Crippen LogP contribution < -0.4 is 5.32 Å². The van der Waals surface area contributed by atoms with Crippen molar-refractivity contribution in [1.82, 2.24) is 24.9 Å². The largest absolute Gasteiger partial charge is 0.347 e. The number of benzene rings is 1. The van der Waals surface area contributed by atoms with E-state index in [4.69, 9.17) is 0 Å². The Morgan fingerprint density at radius 3 is 2.65 bits per heavy atom. The molecule has 136 valence electrons. The molecule has 2 aromatic heterocycles. The highest BCUT2D eigenvalue weighted by molar-refractivity contribution is 5.76. The topological polar surface area (TPSA) is 64.7 Å². The highest BCUT2D eigenvalue weighted by atomic mass is 16.1. The van der Waals surface area contributed by atoms with Crippen molar-refractivity contribution in [2.45, 2.75) is 45.8 Å². The van der Waals surface area contributed by atoms with Gasteiger partial charge in [0.05, 0.1) is 18.3 Å². The average molecular weight is 351 g/mol. The highest BCUT2D eigenvalue weighted by Gasteiger charge is 2.15. The Morgan fingerprint density at radius 1 is 1.19 bits per heavy atom. The summed E-state index contributed by atoms with van der Waals surface area (Å²) in [6, 6.07) is 13.9. The van der Waals surface area contributed by atoms with Crippen molar-refractivity contribution >= 4 is 5.91 Å². The van der Waals surface area contributed by atoms with Crippen molar-refractivity contribution in [3.05, 3.63) is 71.8 Å². The molecule has 0 bridgehead atoms. The molecular formula is C20H25N5O. The molecule has 6 heteroatoms. The van der Waals surface area contributed by atoms with Gasteiger partial charge in [-0.3, -0.25) is 14.2 Å². The van der Waals surface area contributed by atoms with E-state index in [1.165, 1.54) is 0 Å². The molecule has 0 spiro atoms. The zero-order valence-corrected chi connectivity index (χ0v) is 15.3. The molecule has 0 aliphatic rings. The highest BCUT2D eigenvalue weighted by Crippen LogP contribution is 2.15. The van der Waals surface area contributed by atoms with E-state index in [0.29, 0.717) is 13.0 Å². The lowest BCUT2D eigenvalue weighted by Crippen LogP contribution is -2.31. The summed E-state index contributed by atoms with van der Waals surface area (Å²) in [6.07, 6.45) is 4.89. The minimum atomic E-state index is -0.0997. The molecule has 1 aromatic carbocycles. The van der Waals surface area contributed by atoms with E-state index in [1.54, 1.807) is 6.20 Å². The van der Waals surface area contributed by atoms with E-state index in [-0.39, 0.29) is 11.9 Å². The molecule has 2 heterocycles. The fourth-order valence-corrected chi connectivity index (χ4v) is 3.07. The molecule has 0 aliphatic carbocycles. The third kappa shape index (κ3) is 4.81. The molecule has 1 N–H and O–H groups in total. The fourth-order valence-electron chi connectivity index (χ4n) is 3.07. The number of aromatic nitrogens is 4. The van der Waals surface area contributed by atoms with E-state index in [0.717, 1.165) is 29.9 Å². The standard InChI is InChI=1S/C20H25N5O/c1-16-14-17(2)25(23-16)13-6-10-20(26)22-19(15-24-12-7-11-21-24)18-8-4-3-5-9-18/h3-5,7-9,11-12,14,19H,6,10,13,15H2,1-2H3,(H,22,26)/t19-/m0/s1. The Kier molecular flexibility index (Phi) is 5.84. The smallest absolute Gasteiger partial charge is 0.220 e. The van der Waals surface area contributed by atoms with Gasteiger partial charge in [-0.1, -0.05) is 30.3 Å². The molecule has 3 aromatic rings. The van der Waals surface area contributed by atoms with Crippen molar-refractivity contribution < 1.29 is 4.79 Å². The molecule has 0 unspecified atom stereocenters. The Hall–Kier alpha value is -2.89.